The molecule has 0 saturated heterocycles. The highest BCUT2D eigenvalue weighted by atomic mass is 16.5. The van der Waals surface area contributed by atoms with Crippen molar-refractivity contribution in [3.05, 3.63) is 59.7 Å². The smallest absolute Gasteiger partial charge is 0.123 e. The molecule has 0 aliphatic heterocycles. The average Bonchev–Trinajstić information content (AvgIpc) is 2.39. The molecule has 19 heavy (non-hydrogen) atoms. The molecule has 2 heteroatoms. The summed E-state index contributed by atoms with van der Waals surface area (Å²) in [7, 11) is 0. The van der Waals surface area contributed by atoms with Crippen LogP contribution in [0.5, 0.6) is 5.75 Å². The van der Waals surface area contributed by atoms with Crippen LogP contribution >= 0.6 is 0 Å². The molecule has 2 rings (SSSR count). The highest BCUT2D eigenvalue weighted by molar-refractivity contribution is 5.42. The molecule has 0 bridgehead atoms. The lowest BCUT2D eigenvalue weighted by atomic mass is 10.0. The number of rotatable bonds is 4. The van der Waals surface area contributed by atoms with Crippen LogP contribution in [0.2, 0.25) is 0 Å². The predicted octanol–water partition coefficient (Wildman–Crippen LogP) is 4.53. The standard InChI is InChI=1S/C17H21NO/c1-12(2)16-9-4-5-10-17(16)19-13(3)14-7-6-8-15(18)11-14/h4-13H,18H2,1-3H3. The van der Waals surface area contributed by atoms with Gasteiger partial charge in [-0.1, -0.05) is 44.2 Å². The molecule has 2 aromatic carbocycles. The minimum atomic E-state index is -0.0107. The van der Waals surface area contributed by atoms with Gasteiger partial charge >= 0.3 is 0 Å². The van der Waals surface area contributed by atoms with Crippen LogP contribution in [-0.2, 0) is 0 Å². The van der Waals surface area contributed by atoms with Crippen molar-refractivity contribution in [2.45, 2.75) is 32.8 Å². The molecule has 0 aromatic heterocycles. The van der Waals surface area contributed by atoms with Crippen molar-refractivity contribution in [3.63, 3.8) is 0 Å². The van der Waals surface area contributed by atoms with Gasteiger partial charge in [-0.05, 0) is 42.2 Å². The highest BCUT2D eigenvalue weighted by Gasteiger charge is 2.12. The monoisotopic (exact) mass is 255 g/mol. The minimum Gasteiger partial charge on any atom is -0.486 e. The molecule has 1 unspecified atom stereocenters. The number of hydrogen-bond acceptors (Lipinski definition) is 2. The van der Waals surface area contributed by atoms with Crippen LogP contribution in [0.15, 0.2) is 48.5 Å². The van der Waals surface area contributed by atoms with Crippen molar-refractivity contribution in [1.29, 1.82) is 0 Å². The Bertz CT molecular complexity index is 548. The van der Waals surface area contributed by atoms with Crippen LogP contribution < -0.4 is 10.5 Å². The van der Waals surface area contributed by atoms with Crippen molar-refractivity contribution < 1.29 is 4.74 Å². The highest BCUT2D eigenvalue weighted by Crippen LogP contribution is 2.30. The minimum absolute atomic E-state index is 0.0107. The van der Waals surface area contributed by atoms with Gasteiger partial charge in [-0.3, -0.25) is 0 Å². The molecule has 0 amide bonds. The molecule has 0 aliphatic rings. The van der Waals surface area contributed by atoms with E-state index in [2.05, 4.69) is 19.9 Å². The summed E-state index contributed by atoms with van der Waals surface area (Å²) in [4.78, 5) is 0. The van der Waals surface area contributed by atoms with Crippen molar-refractivity contribution in [3.8, 4) is 5.75 Å². The maximum Gasteiger partial charge on any atom is 0.123 e. The predicted molar refractivity (Wildman–Crippen MR) is 80.4 cm³/mol. The van der Waals surface area contributed by atoms with Crippen molar-refractivity contribution in [1.82, 2.24) is 0 Å². The third-order valence-corrected chi connectivity index (χ3v) is 3.22. The lowest BCUT2D eigenvalue weighted by Crippen LogP contribution is -2.06. The Kier molecular flexibility index (Phi) is 4.10. The summed E-state index contributed by atoms with van der Waals surface area (Å²) < 4.78 is 6.09. The van der Waals surface area contributed by atoms with Crippen LogP contribution in [-0.4, -0.2) is 0 Å². The second-order valence-electron chi connectivity index (χ2n) is 5.12. The van der Waals surface area contributed by atoms with E-state index in [1.807, 2.05) is 49.4 Å². The molecular weight excluding hydrogens is 234 g/mol. The van der Waals surface area contributed by atoms with Crippen LogP contribution in [0.25, 0.3) is 0 Å². The largest absolute Gasteiger partial charge is 0.486 e. The van der Waals surface area contributed by atoms with E-state index in [9.17, 15) is 0 Å². The Morgan fingerprint density at radius 1 is 0.947 bits per heavy atom. The van der Waals surface area contributed by atoms with Gasteiger partial charge in [-0.2, -0.15) is 0 Å². The Morgan fingerprint density at radius 2 is 1.68 bits per heavy atom. The number of nitrogen functional groups attached to an aromatic ring is 1. The molecular formula is C17H21NO. The number of anilines is 1. The van der Waals surface area contributed by atoms with Crippen LogP contribution in [0.1, 0.15) is 43.9 Å². The summed E-state index contributed by atoms with van der Waals surface area (Å²) in [5.74, 6) is 1.40. The first-order valence-corrected chi connectivity index (χ1v) is 6.69. The normalized spacial score (nSPS) is 12.4. The van der Waals surface area contributed by atoms with E-state index in [1.54, 1.807) is 0 Å². The van der Waals surface area contributed by atoms with Crippen LogP contribution in [0.4, 0.5) is 5.69 Å². The second kappa shape index (κ2) is 5.79. The van der Waals surface area contributed by atoms with Crippen molar-refractivity contribution in [2.24, 2.45) is 0 Å². The van der Waals surface area contributed by atoms with Crippen LogP contribution in [0.3, 0.4) is 0 Å². The summed E-state index contributed by atoms with van der Waals surface area (Å²) in [5.41, 5.74) is 8.91. The summed E-state index contributed by atoms with van der Waals surface area (Å²) in [6.45, 7) is 6.40. The summed E-state index contributed by atoms with van der Waals surface area (Å²) in [6, 6.07) is 16.0. The Balaban J connectivity index is 2.22. The average molecular weight is 255 g/mol. The van der Waals surface area contributed by atoms with E-state index in [1.165, 1.54) is 5.56 Å². The third kappa shape index (κ3) is 3.28. The van der Waals surface area contributed by atoms with Gasteiger partial charge in [-0.25, -0.2) is 0 Å². The molecule has 1 atom stereocenters. The number of nitrogens with two attached hydrogens (primary N) is 1. The van der Waals surface area contributed by atoms with E-state index in [4.69, 9.17) is 10.5 Å². The second-order valence-corrected chi connectivity index (χ2v) is 5.12. The molecule has 2 nitrogen and oxygen atoms in total. The molecule has 0 heterocycles. The van der Waals surface area contributed by atoms with Gasteiger partial charge in [0.15, 0.2) is 0 Å². The quantitative estimate of drug-likeness (QED) is 0.814. The van der Waals surface area contributed by atoms with E-state index in [-0.39, 0.29) is 6.10 Å². The zero-order valence-corrected chi connectivity index (χ0v) is 11.8. The first-order valence-electron chi connectivity index (χ1n) is 6.69. The fraction of sp³-hybridized carbons (Fsp3) is 0.294. The summed E-state index contributed by atoms with van der Waals surface area (Å²) >= 11 is 0. The lowest BCUT2D eigenvalue weighted by Gasteiger charge is -2.19. The van der Waals surface area contributed by atoms with Crippen molar-refractivity contribution >= 4 is 5.69 Å². The van der Waals surface area contributed by atoms with Crippen molar-refractivity contribution in [2.75, 3.05) is 5.73 Å². The first-order chi connectivity index (χ1) is 9.08. The molecule has 0 aliphatic carbocycles. The molecule has 2 N–H and O–H groups in total. The molecule has 100 valence electrons. The Morgan fingerprint density at radius 3 is 2.37 bits per heavy atom. The zero-order valence-electron chi connectivity index (χ0n) is 11.8. The maximum absolute atomic E-state index is 6.09. The topological polar surface area (TPSA) is 35.2 Å². The van der Waals surface area contributed by atoms with Crippen LogP contribution in [0, 0.1) is 0 Å². The summed E-state index contributed by atoms with van der Waals surface area (Å²) in [5, 5.41) is 0. The van der Waals surface area contributed by atoms with Gasteiger partial charge in [0.2, 0.25) is 0 Å². The van der Waals surface area contributed by atoms with E-state index < -0.39 is 0 Å². The molecule has 2 aromatic rings. The van der Waals surface area contributed by atoms with Gasteiger partial charge in [0, 0.05) is 5.69 Å². The van der Waals surface area contributed by atoms with E-state index in [0.717, 1.165) is 17.0 Å². The van der Waals surface area contributed by atoms with Gasteiger partial charge < -0.3 is 10.5 Å². The lowest BCUT2D eigenvalue weighted by molar-refractivity contribution is 0.224. The third-order valence-electron chi connectivity index (χ3n) is 3.22. The molecule has 0 spiro atoms. The van der Waals surface area contributed by atoms with Gasteiger partial charge in [0.25, 0.3) is 0 Å². The fourth-order valence-electron chi connectivity index (χ4n) is 2.14. The van der Waals surface area contributed by atoms with Gasteiger partial charge in [0.1, 0.15) is 11.9 Å². The van der Waals surface area contributed by atoms with Gasteiger partial charge in [-0.15, -0.1) is 0 Å². The zero-order chi connectivity index (χ0) is 13.8. The Labute approximate surface area is 115 Å². The molecule has 0 fully saturated rings. The number of benzene rings is 2. The number of ether oxygens (including phenoxy) is 1. The molecule has 0 saturated carbocycles. The number of para-hydroxylation sites is 1. The van der Waals surface area contributed by atoms with E-state index >= 15 is 0 Å². The maximum atomic E-state index is 6.09. The van der Waals surface area contributed by atoms with Gasteiger partial charge in [0.05, 0.1) is 0 Å². The molecule has 0 radical (unpaired) electrons. The number of hydrogen-bond donors (Lipinski definition) is 1. The summed E-state index contributed by atoms with van der Waals surface area (Å²) in [6.07, 6.45) is -0.0107. The fourth-order valence-corrected chi connectivity index (χ4v) is 2.14. The van der Waals surface area contributed by atoms with E-state index in [0.29, 0.717) is 5.92 Å². The first kappa shape index (κ1) is 13.5. The SMILES string of the molecule is CC(C)c1ccccc1OC(C)c1cccc(N)c1. The Hall–Kier alpha value is -1.96.